The van der Waals surface area contributed by atoms with E-state index in [1.807, 2.05) is 50.2 Å². The van der Waals surface area contributed by atoms with Crippen LogP contribution in [-0.4, -0.2) is 64.2 Å². The predicted molar refractivity (Wildman–Crippen MR) is 152 cm³/mol. The van der Waals surface area contributed by atoms with Crippen LogP contribution in [0.5, 0.6) is 0 Å². The minimum atomic E-state index is -0.930. The highest BCUT2D eigenvalue weighted by Gasteiger charge is 2.31. The lowest BCUT2D eigenvalue weighted by atomic mass is 9.96. The number of hydrogen-bond acceptors (Lipinski definition) is 5. The Bertz CT molecular complexity index is 1280. The van der Waals surface area contributed by atoms with Crippen LogP contribution in [0.1, 0.15) is 50.0 Å². The highest BCUT2D eigenvalue weighted by atomic mass is 35.5. The smallest absolute Gasteiger partial charge is 0.410 e. The Kier molecular flexibility index (Phi) is 9.10. The fraction of sp³-hybridized carbons (Fsp3) is 0.393. The molecule has 1 aromatic heterocycles. The number of ether oxygens (including phenoxy) is 1. The molecule has 0 aliphatic carbocycles. The second kappa shape index (κ2) is 11.7. The van der Waals surface area contributed by atoms with Gasteiger partial charge in [0.05, 0.1) is 28.4 Å². The molecule has 2 amide bonds. The summed E-state index contributed by atoms with van der Waals surface area (Å²) in [7, 11) is 0. The van der Waals surface area contributed by atoms with Crippen LogP contribution >= 0.6 is 25.1 Å². The predicted octanol–water partition coefficient (Wildman–Crippen LogP) is 5.59. The van der Waals surface area contributed by atoms with Crippen LogP contribution < -0.4 is 0 Å². The van der Waals surface area contributed by atoms with Crippen LogP contribution in [0.4, 0.5) is 4.79 Å². The molecule has 0 unspecified atom stereocenters. The minimum absolute atomic E-state index is 0. The fourth-order valence-corrected chi connectivity index (χ4v) is 4.65. The van der Waals surface area contributed by atoms with Gasteiger partial charge in [0.1, 0.15) is 0 Å². The Labute approximate surface area is 229 Å². The summed E-state index contributed by atoms with van der Waals surface area (Å²) < 4.78 is 5.26. The van der Waals surface area contributed by atoms with Gasteiger partial charge < -0.3 is 19.6 Å². The van der Waals surface area contributed by atoms with Gasteiger partial charge in [-0.2, -0.15) is 13.5 Å². The summed E-state index contributed by atoms with van der Waals surface area (Å²) in [6.07, 6.45) is 0.441. The SMILES string of the molecule is CCCOC(=O)N1CCN(C(=O)c2ccc3c(Cl)cc(-c4ccc(C(C)(C)O)cc4)nc3c2)C[C@@H]1C.S. The number of benzene rings is 2. The highest BCUT2D eigenvalue weighted by Crippen LogP contribution is 2.30. The van der Waals surface area contributed by atoms with Crippen molar-refractivity contribution in [3.63, 3.8) is 0 Å². The van der Waals surface area contributed by atoms with Crippen molar-refractivity contribution in [3.05, 3.63) is 64.7 Å². The Morgan fingerprint density at radius 1 is 1.14 bits per heavy atom. The van der Waals surface area contributed by atoms with E-state index in [1.54, 1.807) is 35.8 Å². The van der Waals surface area contributed by atoms with Gasteiger partial charge in [-0.15, -0.1) is 0 Å². The Morgan fingerprint density at radius 2 is 1.84 bits per heavy atom. The van der Waals surface area contributed by atoms with E-state index in [0.717, 1.165) is 22.9 Å². The number of nitrogens with zero attached hydrogens (tertiary/aromatic N) is 3. The zero-order valence-corrected chi connectivity index (χ0v) is 23.4. The van der Waals surface area contributed by atoms with Crippen molar-refractivity contribution in [2.24, 2.45) is 0 Å². The summed E-state index contributed by atoms with van der Waals surface area (Å²) in [5.41, 5.74) is 2.58. The summed E-state index contributed by atoms with van der Waals surface area (Å²) in [6, 6.07) is 14.6. The fourth-order valence-electron chi connectivity index (χ4n) is 4.38. The lowest BCUT2D eigenvalue weighted by molar-refractivity contribution is 0.0412. The second-order valence-electron chi connectivity index (χ2n) is 9.77. The van der Waals surface area contributed by atoms with Gasteiger partial charge in [-0.1, -0.05) is 48.9 Å². The number of rotatable bonds is 5. The van der Waals surface area contributed by atoms with Crippen LogP contribution in [0.25, 0.3) is 22.2 Å². The quantitative estimate of drug-likeness (QED) is 0.453. The molecule has 1 aliphatic rings. The highest BCUT2D eigenvalue weighted by molar-refractivity contribution is 7.59. The van der Waals surface area contributed by atoms with E-state index >= 15 is 0 Å². The Hall–Kier alpha value is -2.81. The molecule has 1 fully saturated rings. The van der Waals surface area contributed by atoms with Gasteiger partial charge in [-0.25, -0.2) is 9.78 Å². The van der Waals surface area contributed by atoms with Gasteiger partial charge >= 0.3 is 6.09 Å². The topological polar surface area (TPSA) is 83.0 Å². The van der Waals surface area contributed by atoms with Crippen molar-refractivity contribution in [3.8, 4) is 11.3 Å². The zero-order valence-electron chi connectivity index (χ0n) is 21.6. The number of hydrogen-bond donors (Lipinski definition) is 1. The normalized spacial score (nSPS) is 15.9. The summed E-state index contributed by atoms with van der Waals surface area (Å²) in [4.78, 5) is 33.8. The van der Waals surface area contributed by atoms with E-state index in [4.69, 9.17) is 21.3 Å². The summed E-state index contributed by atoms with van der Waals surface area (Å²) >= 11 is 6.57. The van der Waals surface area contributed by atoms with E-state index in [0.29, 0.717) is 48.0 Å². The number of fused-ring (bicyclic) bond motifs is 1. The van der Waals surface area contributed by atoms with Crippen molar-refractivity contribution < 1.29 is 19.4 Å². The maximum Gasteiger partial charge on any atom is 0.410 e. The summed E-state index contributed by atoms with van der Waals surface area (Å²) in [5.74, 6) is -0.108. The average molecular weight is 544 g/mol. The van der Waals surface area contributed by atoms with Crippen molar-refractivity contribution in [2.45, 2.75) is 45.8 Å². The second-order valence-corrected chi connectivity index (χ2v) is 10.2. The molecule has 198 valence electrons. The number of carbonyl (C=O) groups excluding carboxylic acids is 2. The first-order chi connectivity index (χ1) is 17.1. The first kappa shape index (κ1) is 28.8. The molecular weight excluding hydrogens is 510 g/mol. The summed E-state index contributed by atoms with van der Waals surface area (Å²) in [5, 5.41) is 11.5. The maximum absolute atomic E-state index is 13.3. The Balaban J connectivity index is 0.00000380. The number of pyridine rings is 1. The molecule has 9 heteroatoms. The van der Waals surface area contributed by atoms with Gasteiger partial charge in [0, 0.05) is 42.2 Å². The van der Waals surface area contributed by atoms with Crippen molar-refractivity contribution >= 4 is 48.0 Å². The molecule has 0 radical (unpaired) electrons. The van der Waals surface area contributed by atoms with Crippen LogP contribution in [0.2, 0.25) is 5.02 Å². The van der Waals surface area contributed by atoms with Gasteiger partial charge in [0.2, 0.25) is 0 Å². The van der Waals surface area contributed by atoms with Crippen LogP contribution in [0.15, 0.2) is 48.5 Å². The average Bonchev–Trinajstić information content (AvgIpc) is 2.86. The van der Waals surface area contributed by atoms with E-state index in [-0.39, 0.29) is 31.5 Å². The molecule has 0 saturated carbocycles. The van der Waals surface area contributed by atoms with Crippen molar-refractivity contribution in [2.75, 3.05) is 26.2 Å². The maximum atomic E-state index is 13.3. The number of aliphatic hydroxyl groups is 1. The number of amides is 2. The third-order valence-corrected chi connectivity index (χ3v) is 6.79. The van der Waals surface area contributed by atoms with Crippen LogP contribution in [0, 0.1) is 0 Å². The molecular formula is C28H34ClN3O4S. The monoisotopic (exact) mass is 543 g/mol. The van der Waals surface area contributed by atoms with E-state index in [2.05, 4.69) is 0 Å². The van der Waals surface area contributed by atoms with Gasteiger partial charge in [0.15, 0.2) is 0 Å². The first-order valence-electron chi connectivity index (χ1n) is 12.2. The number of halogens is 1. The van der Waals surface area contributed by atoms with E-state index in [1.165, 1.54) is 0 Å². The molecule has 1 saturated heterocycles. The molecule has 1 atom stereocenters. The van der Waals surface area contributed by atoms with Gasteiger partial charge in [-0.05, 0) is 51.0 Å². The third kappa shape index (κ3) is 6.37. The summed E-state index contributed by atoms with van der Waals surface area (Å²) in [6.45, 7) is 9.04. The van der Waals surface area contributed by atoms with Crippen molar-refractivity contribution in [1.29, 1.82) is 0 Å². The Morgan fingerprint density at radius 3 is 2.46 bits per heavy atom. The molecule has 3 aromatic rings. The molecule has 0 bridgehead atoms. The van der Waals surface area contributed by atoms with Crippen LogP contribution in [-0.2, 0) is 10.3 Å². The van der Waals surface area contributed by atoms with Crippen molar-refractivity contribution in [1.82, 2.24) is 14.8 Å². The molecule has 0 spiro atoms. The standard InChI is InChI=1S/C28H32ClN3O4.H2S/c1-5-14-36-27(34)32-13-12-31(17-18(32)2)26(33)20-8-11-22-23(29)16-24(30-25(22)15-20)19-6-9-21(10-7-19)28(3,4)35;/h6-11,15-16,18,35H,5,12-14,17H2,1-4H3;1H2/t18-;/m0./s1. The molecule has 2 aromatic carbocycles. The molecule has 7 nitrogen and oxygen atoms in total. The van der Waals surface area contributed by atoms with E-state index < -0.39 is 5.60 Å². The molecule has 4 rings (SSSR count). The van der Waals surface area contributed by atoms with Gasteiger partial charge in [-0.3, -0.25) is 4.79 Å². The lowest BCUT2D eigenvalue weighted by Gasteiger charge is -2.39. The molecule has 1 N–H and O–H groups in total. The van der Waals surface area contributed by atoms with E-state index in [9.17, 15) is 14.7 Å². The molecule has 2 heterocycles. The molecule has 37 heavy (non-hydrogen) atoms. The van der Waals surface area contributed by atoms with Crippen LogP contribution in [0.3, 0.4) is 0 Å². The largest absolute Gasteiger partial charge is 0.449 e. The number of carbonyl (C=O) groups is 2. The zero-order chi connectivity index (χ0) is 26.0. The lowest BCUT2D eigenvalue weighted by Crippen LogP contribution is -2.55. The number of piperazine rings is 1. The first-order valence-corrected chi connectivity index (χ1v) is 12.6. The molecule has 1 aliphatic heterocycles. The minimum Gasteiger partial charge on any atom is -0.449 e. The third-order valence-electron chi connectivity index (χ3n) is 6.47. The van der Waals surface area contributed by atoms with Gasteiger partial charge in [0.25, 0.3) is 5.91 Å². The number of aromatic nitrogens is 1.